The standard InChI is InChI=1S/C25H32N2O3/c1-4-5-16-30-20-12-10-19(11-13-20)17-27-23(24(28)26-15-14-18(2)3)21-8-6-7-9-22(21)25(27)29/h6-13,18,23H,4-5,14-17H2,1-3H3,(H,26,28)/t23-/m0/s1. The lowest BCUT2D eigenvalue weighted by Crippen LogP contribution is -2.39. The molecule has 1 N–H and O–H groups in total. The minimum absolute atomic E-state index is 0.0992. The molecule has 0 unspecified atom stereocenters. The second kappa shape index (κ2) is 10.3. The number of unbranched alkanes of at least 4 members (excludes halogenated alkanes) is 1. The fourth-order valence-corrected chi connectivity index (χ4v) is 3.62. The molecule has 1 heterocycles. The summed E-state index contributed by atoms with van der Waals surface area (Å²) in [7, 11) is 0. The SMILES string of the molecule is CCCCOc1ccc(CN2C(=O)c3ccccc3[C@H]2C(=O)NCCC(C)C)cc1. The van der Waals surface area contributed by atoms with E-state index in [1.165, 1.54) is 0 Å². The van der Waals surface area contributed by atoms with Crippen molar-refractivity contribution in [2.24, 2.45) is 5.92 Å². The van der Waals surface area contributed by atoms with Gasteiger partial charge < -0.3 is 15.0 Å². The Kier molecular flexibility index (Phi) is 7.50. The maximum atomic E-state index is 13.1. The molecule has 0 fully saturated rings. The normalized spacial score (nSPS) is 15.4. The summed E-state index contributed by atoms with van der Waals surface area (Å²) < 4.78 is 5.72. The molecule has 30 heavy (non-hydrogen) atoms. The molecular weight excluding hydrogens is 376 g/mol. The highest BCUT2D eigenvalue weighted by Crippen LogP contribution is 2.35. The van der Waals surface area contributed by atoms with Gasteiger partial charge in [-0.15, -0.1) is 0 Å². The highest BCUT2D eigenvalue weighted by Gasteiger charge is 2.40. The summed E-state index contributed by atoms with van der Waals surface area (Å²) in [6.07, 6.45) is 3.03. The van der Waals surface area contributed by atoms with Gasteiger partial charge in [0.05, 0.1) is 6.61 Å². The number of hydrogen-bond acceptors (Lipinski definition) is 3. The molecule has 0 radical (unpaired) electrons. The van der Waals surface area contributed by atoms with Crippen LogP contribution < -0.4 is 10.1 Å². The first-order valence-electron chi connectivity index (χ1n) is 10.9. The Morgan fingerprint density at radius 1 is 1.13 bits per heavy atom. The van der Waals surface area contributed by atoms with Crippen molar-refractivity contribution >= 4 is 11.8 Å². The molecule has 2 aromatic rings. The van der Waals surface area contributed by atoms with Crippen LogP contribution in [-0.2, 0) is 11.3 Å². The second-order valence-electron chi connectivity index (χ2n) is 8.24. The zero-order valence-electron chi connectivity index (χ0n) is 18.2. The lowest BCUT2D eigenvalue weighted by molar-refractivity contribution is -0.125. The molecule has 5 nitrogen and oxygen atoms in total. The monoisotopic (exact) mass is 408 g/mol. The number of hydrogen-bond donors (Lipinski definition) is 1. The number of nitrogens with zero attached hydrogens (tertiary/aromatic N) is 1. The Hall–Kier alpha value is -2.82. The molecule has 160 valence electrons. The summed E-state index contributed by atoms with van der Waals surface area (Å²) in [4.78, 5) is 27.7. The van der Waals surface area contributed by atoms with Gasteiger partial charge in [0.2, 0.25) is 5.91 Å². The van der Waals surface area contributed by atoms with Gasteiger partial charge in [0.15, 0.2) is 0 Å². The molecule has 0 aliphatic carbocycles. The van der Waals surface area contributed by atoms with Crippen molar-refractivity contribution in [2.45, 2.75) is 52.6 Å². The molecule has 0 spiro atoms. The van der Waals surface area contributed by atoms with E-state index >= 15 is 0 Å². The van der Waals surface area contributed by atoms with Crippen molar-refractivity contribution < 1.29 is 14.3 Å². The third-order valence-corrected chi connectivity index (χ3v) is 5.37. The van der Waals surface area contributed by atoms with Gasteiger partial charge in [0.1, 0.15) is 11.8 Å². The number of nitrogens with one attached hydrogen (secondary N) is 1. The molecule has 1 aliphatic heterocycles. The van der Waals surface area contributed by atoms with Crippen molar-refractivity contribution in [3.05, 3.63) is 65.2 Å². The Morgan fingerprint density at radius 3 is 2.57 bits per heavy atom. The van der Waals surface area contributed by atoms with E-state index < -0.39 is 6.04 Å². The number of rotatable bonds is 10. The highest BCUT2D eigenvalue weighted by molar-refractivity contribution is 6.04. The summed E-state index contributed by atoms with van der Waals surface area (Å²) in [6.45, 7) is 8.08. The van der Waals surface area contributed by atoms with Gasteiger partial charge in [-0.2, -0.15) is 0 Å². The third-order valence-electron chi connectivity index (χ3n) is 5.37. The number of carbonyl (C=O) groups excluding carboxylic acids is 2. The van der Waals surface area contributed by atoms with Crippen LogP contribution in [0.25, 0.3) is 0 Å². The number of amides is 2. The zero-order valence-corrected chi connectivity index (χ0v) is 18.2. The summed E-state index contributed by atoms with van der Waals surface area (Å²) in [6, 6.07) is 14.6. The molecule has 5 heteroatoms. The molecule has 0 saturated heterocycles. The molecule has 2 amide bonds. The molecule has 2 aromatic carbocycles. The average Bonchev–Trinajstić information content (AvgIpc) is 3.01. The fraction of sp³-hybridized carbons (Fsp3) is 0.440. The lowest BCUT2D eigenvalue weighted by Gasteiger charge is -2.25. The van der Waals surface area contributed by atoms with E-state index in [0.29, 0.717) is 31.2 Å². The van der Waals surface area contributed by atoms with E-state index in [-0.39, 0.29) is 11.8 Å². The maximum Gasteiger partial charge on any atom is 0.255 e. The molecule has 1 atom stereocenters. The Labute approximate surface area is 179 Å². The Bertz CT molecular complexity index is 861. The molecule has 0 bridgehead atoms. The van der Waals surface area contributed by atoms with Gasteiger partial charge >= 0.3 is 0 Å². The predicted octanol–water partition coefficient (Wildman–Crippen LogP) is 4.72. The van der Waals surface area contributed by atoms with Gasteiger partial charge in [0.25, 0.3) is 5.91 Å². The summed E-state index contributed by atoms with van der Waals surface area (Å²) >= 11 is 0. The summed E-state index contributed by atoms with van der Waals surface area (Å²) in [5, 5.41) is 3.02. The van der Waals surface area contributed by atoms with E-state index in [2.05, 4.69) is 26.1 Å². The van der Waals surface area contributed by atoms with E-state index in [0.717, 1.165) is 36.1 Å². The van der Waals surface area contributed by atoms with Crippen molar-refractivity contribution in [3.63, 3.8) is 0 Å². The van der Waals surface area contributed by atoms with Crippen LogP contribution in [0, 0.1) is 5.92 Å². The van der Waals surface area contributed by atoms with Gasteiger partial charge in [-0.25, -0.2) is 0 Å². The van der Waals surface area contributed by atoms with Gasteiger partial charge in [-0.1, -0.05) is 57.5 Å². The third kappa shape index (κ3) is 5.21. The predicted molar refractivity (Wildman–Crippen MR) is 118 cm³/mol. The van der Waals surface area contributed by atoms with Crippen LogP contribution in [0.2, 0.25) is 0 Å². The number of benzene rings is 2. The first kappa shape index (κ1) is 21.9. The van der Waals surface area contributed by atoms with E-state index in [4.69, 9.17) is 4.74 Å². The van der Waals surface area contributed by atoms with Crippen LogP contribution >= 0.6 is 0 Å². The molecule has 0 aromatic heterocycles. The van der Waals surface area contributed by atoms with Gasteiger partial charge in [-0.05, 0) is 48.1 Å². The average molecular weight is 409 g/mol. The minimum atomic E-state index is -0.596. The van der Waals surface area contributed by atoms with E-state index in [1.54, 1.807) is 11.0 Å². The van der Waals surface area contributed by atoms with Crippen molar-refractivity contribution in [2.75, 3.05) is 13.2 Å². The summed E-state index contributed by atoms with van der Waals surface area (Å²) in [5.41, 5.74) is 2.36. The second-order valence-corrected chi connectivity index (χ2v) is 8.24. The first-order valence-corrected chi connectivity index (χ1v) is 10.9. The highest BCUT2D eigenvalue weighted by atomic mass is 16.5. The lowest BCUT2D eigenvalue weighted by atomic mass is 10.0. The van der Waals surface area contributed by atoms with Crippen LogP contribution in [0.4, 0.5) is 0 Å². The number of fused-ring (bicyclic) bond motifs is 1. The molecule has 1 aliphatic rings. The smallest absolute Gasteiger partial charge is 0.255 e. The topological polar surface area (TPSA) is 58.6 Å². The summed E-state index contributed by atoms with van der Waals surface area (Å²) in [5.74, 6) is 1.12. The van der Waals surface area contributed by atoms with Crippen LogP contribution in [-0.4, -0.2) is 29.9 Å². The van der Waals surface area contributed by atoms with Crippen molar-refractivity contribution in [3.8, 4) is 5.75 Å². The zero-order chi connectivity index (χ0) is 21.5. The largest absolute Gasteiger partial charge is 0.494 e. The van der Waals surface area contributed by atoms with Gasteiger partial charge in [0, 0.05) is 18.7 Å². The van der Waals surface area contributed by atoms with Crippen LogP contribution in [0.15, 0.2) is 48.5 Å². The molecule has 3 rings (SSSR count). The fourth-order valence-electron chi connectivity index (χ4n) is 3.62. The Morgan fingerprint density at radius 2 is 1.87 bits per heavy atom. The van der Waals surface area contributed by atoms with Crippen molar-refractivity contribution in [1.82, 2.24) is 10.2 Å². The Balaban J connectivity index is 1.74. The minimum Gasteiger partial charge on any atom is -0.494 e. The van der Waals surface area contributed by atoms with Gasteiger partial charge in [-0.3, -0.25) is 9.59 Å². The quantitative estimate of drug-likeness (QED) is 0.579. The van der Waals surface area contributed by atoms with Crippen LogP contribution in [0.3, 0.4) is 0 Å². The van der Waals surface area contributed by atoms with E-state index in [1.807, 2.05) is 42.5 Å². The number of carbonyl (C=O) groups is 2. The van der Waals surface area contributed by atoms with Crippen LogP contribution in [0.5, 0.6) is 5.75 Å². The first-order chi connectivity index (χ1) is 14.5. The van der Waals surface area contributed by atoms with E-state index in [9.17, 15) is 9.59 Å². The maximum absolute atomic E-state index is 13.1. The van der Waals surface area contributed by atoms with Crippen LogP contribution in [0.1, 0.15) is 67.6 Å². The molecular formula is C25H32N2O3. The molecule has 0 saturated carbocycles. The van der Waals surface area contributed by atoms with Crippen molar-refractivity contribution in [1.29, 1.82) is 0 Å². The number of ether oxygens (including phenoxy) is 1.